The minimum Gasteiger partial charge on any atom is -0.325 e. The van der Waals surface area contributed by atoms with Crippen LogP contribution in [0.15, 0.2) is 24.4 Å². The van der Waals surface area contributed by atoms with Gasteiger partial charge in [0.2, 0.25) is 0 Å². The van der Waals surface area contributed by atoms with Gasteiger partial charge in [0.25, 0.3) is 5.69 Å². The van der Waals surface area contributed by atoms with Crippen molar-refractivity contribution in [3.8, 4) is 5.69 Å². The van der Waals surface area contributed by atoms with Crippen LogP contribution in [0.4, 0.5) is 5.69 Å². The summed E-state index contributed by atoms with van der Waals surface area (Å²) in [7, 11) is 0. The number of benzene rings is 1. The highest BCUT2D eigenvalue weighted by Gasteiger charge is 2.14. The molecule has 0 radical (unpaired) electrons. The molecule has 0 unspecified atom stereocenters. The Kier molecular flexibility index (Phi) is 3.12. The first kappa shape index (κ1) is 12.3. The van der Waals surface area contributed by atoms with Gasteiger partial charge in [-0.25, -0.2) is 4.68 Å². The Hall–Kier alpha value is -2.21. The molecule has 0 saturated heterocycles. The van der Waals surface area contributed by atoms with Crippen LogP contribution in [0.5, 0.6) is 0 Å². The summed E-state index contributed by atoms with van der Waals surface area (Å²) in [6, 6.07) is 5.16. The van der Waals surface area contributed by atoms with Crippen LogP contribution in [-0.2, 0) is 6.54 Å². The van der Waals surface area contributed by atoms with Crippen molar-refractivity contribution in [2.75, 3.05) is 0 Å². The molecule has 0 aliphatic carbocycles. The summed E-state index contributed by atoms with van der Waals surface area (Å²) >= 11 is 0. The van der Waals surface area contributed by atoms with Crippen LogP contribution in [0.3, 0.4) is 0 Å². The Morgan fingerprint density at radius 2 is 2.11 bits per heavy atom. The van der Waals surface area contributed by atoms with Crippen molar-refractivity contribution in [2.24, 2.45) is 5.73 Å². The third-order valence-electron chi connectivity index (χ3n) is 2.81. The van der Waals surface area contributed by atoms with Gasteiger partial charge in [-0.1, -0.05) is 0 Å². The minimum atomic E-state index is -0.374. The van der Waals surface area contributed by atoms with Crippen LogP contribution in [0.1, 0.15) is 16.8 Å². The average Bonchev–Trinajstić information content (AvgIpc) is 2.79. The van der Waals surface area contributed by atoms with E-state index < -0.39 is 0 Å². The first-order valence-corrected chi connectivity index (χ1v) is 5.53. The Balaban J connectivity index is 2.52. The van der Waals surface area contributed by atoms with Crippen molar-refractivity contribution in [2.45, 2.75) is 20.4 Å². The third-order valence-corrected chi connectivity index (χ3v) is 2.81. The highest BCUT2D eigenvalue weighted by atomic mass is 16.6. The van der Waals surface area contributed by atoms with Gasteiger partial charge >= 0.3 is 0 Å². The largest absolute Gasteiger partial charge is 0.325 e. The number of hydrogen-bond donors (Lipinski definition) is 1. The Labute approximate surface area is 104 Å². The standard InChI is InChI=1S/C12H14N4O2/c1-8-6-12(16(17)18)9(2)5-11(8)15-4-3-10(7-13)14-15/h3-6H,7,13H2,1-2H3. The maximum absolute atomic E-state index is 10.8. The van der Waals surface area contributed by atoms with E-state index in [0.29, 0.717) is 12.1 Å². The maximum Gasteiger partial charge on any atom is 0.272 e. The highest BCUT2D eigenvalue weighted by Crippen LogP contribution is 2.24. The van der Waals surface area contributed by atoms with Gasteiger partial charge in [-0.2, -0.15) is 5.10 Å². The molecule has 18 heavy (non-hydrogen) atoms. The van der Waals surface area contributed by atoms with E-state index in [1.54, 1.807) is 29.9 Å². The van der Waals surface area contributed by atoms with Gasteiger partial charge in [-0.15, -0.1) is 0 Å². The summed E-state index contributed by atoms with van der Waals surface area (Å²) in [4.78, 5) is 10.5. The Morgan fingerprint density at radius 1 is 1.39 bits per heavy atom. The quantitative estimate of drug-likeness (QED) is 0.661. The number of nitrogens with zero attached hydrogens (tertiary/aromatic N) is 3. The molecular weight excluding hydrogens is 232 g/mol. The molecule has 1 heterocycles. The minimum absolute atomic E-state index is 0.127. The van der Waals surface area contributed by atoms with E-state index >= 15 is 0 Å². The van der Waals surface area contributed by atoms with E-state index in [2.05, 4.69) is 5.10 Å². The summed E-state index contributed by atoms with van der Waals surface area (Å²) in [5.41, 5.74) is 8.67. The van der Waals surface area contributed by atoms with E-state index in [1.165, 1.54) is 0 Å². The van der Waals surface area contributed by atoms with Crippen molar-refractivity contribution >= 4 is 5.69 Å². The zero-order valence-corrected chi connectivity index (χ0v) is 10.3. The Morgan fingerprint density at radius 3 is 2.67 bits per heavy atom. The van der Waals surface area contributed by atoms with E-state index in [-0.39, 0.29) is 10.6 Å². The van der Waals surface area contributed by atoms with Crippen molar-refractivity contribution in [1.29, 1.82) is 0 Å². The summed E-state index contributed by atoms with van der Waals surface area (Å²) in [6.07, 6.45) is 1.80. The van der Waals surface area contributed by atoms with E-state index in [9.17, 15) is 10.1 Å². The molecule has 1 aromatic carbocycles. The van der Waals surface area contributed by atoms with Gasteiger partial charge in [0, 0.05) is 24.4 Å². The fraction of sp³-hybridized carbons (Fsp3) is 0.250. The molecule has 0 spiro atoms. The number of aromatic nitrogens is 2. The van der Waals surface area contributed by atoms with Gasteiger partial charge < -0.3 is 5.73 Å². The molecule has 1 aromatic heterocycles. The number of nitrogens with two attached hydrogens (primary N) is 1. The molecular formula is C12H14N4O2. The molecule has 2 rings (SSSR count). The second kappa shape index (κ2) is 4.58. The van der Waals surface area contributed by atoms with Crippen LogP contribution in [0.2, 0.25) is 0 Å². The van der Waals surface area contributed by atoms with Crippen molar-refractivity contribution in [1.82, 2.24) is 9.78 Å². The SMILES string of the molecule is Cc1cc([N+](=O)[O-])c(C)cc1-n1ccc(CN)n1. The summed E-state index contributed by atoms with van der Waals surface area (Å²) < 4.78 is 1.69. The van der Waals surface area contributed by atoms with E-state index in [0.717, 1.165) is 16.9 Å². The Bertz CT molecular complexity index is 604. The predicted molar refractivity (Wildman–Crippen MR) is 67.6 cm³/mol. The fourth-order valence-corrected chi connectivity index (χ4v) is 1.83. The van der Waals surface area contributed by atoms with Gasteiger partial charge in [0.05, 0.1) is 16.3 Å². The lowest BCUT2D eigenvalue weighted by Crippen LogP contribution is -2.03. The smallest absolute Gasteiger partial charge is 0.272 e. The second-order valence-corrected chi connectivity index (χ2v) is 4.14. The molecule has 2 N–H and O–H groups in total. The molecule has 0 aliphatic rings. The molecule has 94 valence electrons. The number of hydrogen-bond acceptors (Lipinski definition) is 4. The van der Waals surface area contributed by atoms with E-state index in [1.807, 2.05) is 13.0 Å². The normalized spacial score (nSPS) is 10.6. The zero-order valence-electron chi connectivity index (χ0n) is 10.3. The molecule has 0 aliphatic heterocycles. The molecule has 0 amide bonds. The van der Waals surface area contributed by atoms with Gasteiger partial charge in [0.15, 0.2) is 0 Å². The average molecular weight is 246 g/mol. The third kappa shape index (κ3) is 2.10. The van der Waals surface area contributed by atoms with Crippen molar-refractivity contribution in [3.05, 3.63) is 51.3 Å². The van der Waals surface area contributed by atoms with Crippen molar-refractivity contribution < 1.29 is 4.92 Å². The molecule has 0 fully saturated rings. The first-order valence-electron chi connectivity index (χ1n) is 5.53. The van der Waals surface area contributed by atoms with Crippen molar-refractivity contribution in [3.63, 3.8) is 0 Å². The lowest BCUT2D eigenvalue weighted by atomic mass is 10.1. The van der Waals surface area contributed by atoms with Crippen LogP contribution in [-0.4, -0.2) is 14.7 Å². The van der Waals surface area contributed by atoms with Crippen LogP contribution in [0.25, 0.3) is 5.69 Å². The topological polar surface area (TPSA) is 87.0 Å². The summed E-state index contributed by atoms with van der Waals surface area (Å²) in [5, 5.41) is 15.1. The van der Waals surface area contributed by atoms with Crippen LogP contribution < -0.4 is 5.73 Å². The molecule has 0 atom stereocenters. The number of aryl methyl sites for hydroxylation is 2. The molecule has 2 aromatic rings. The predicted octanol–water partition coefficient (Wildman–Crippen LogP) is 1.86. The van der Waals surface area contributed by atoms with Crippen LogP contribution >= 0.6 is 0 Å². The van der Waals surface area contributed by atoms with Gasteiger partial charge in [0.1, 0.15) is 0 Å². The molecule has 0 saturated carbocycles. The summed E-state index contributed by atoms with van der Waals surface area (Å²) in [5.74, 6) is 0. The van der Waals surface area contributed by atoms with E-state index in [4.69, 9.17) is 5.73 Å². The monoisotopic (exact) mass is 246 g/mol. The molecule has 0 bridgehead atoms. The highest BCUT2D eigenvalue weighted by molar-refractivity contribution is 5.52. The molecule has 6 nitrogen and oxygen atoms in total. The van der Waals surface area contributed by atoms with Gasteiger partial charge in [-0.3, -0.25) is 10.1 Å². The maximum atomic E-state index is 10.8. The van der Waals surface area contributed by atoms with Crippen LogP contribution in [0, 0.1) is 24.0 Å². The lowest BCUT2D eigenvalue weighted by molar-refractivity contribution is -0.385. The first-order chi connectivity index (χ1) is 8.52. The number of nitro groups is 1. The summed E-state index contributed by atoms with van der Waals surface area (Å²) in [6.45, 7) is 3.91. The number of nitro benzene ring substituents is 1. The molecule has 6 heteroatoms. The zero-order chi connectivity index (χ0) is 13.3. The fourth-order valence-electron chi connectivity index (χ4n) is 1.83. The number of rotatable bonds is 3. The second-order valence-electron chi connectivity index (χ2n) is 4.14. The van der Waals surface area contributed by atoms with Gasteiger partial charge in [-0.05, 0) is 31.5 Å². The lowest BCUT2D eigenvalue weighted by Gasteiger charge is -2.07.